The fourth-order valence-electron chi connectivity index (χ4n) is 1.59. The molecule has 0 aliphatic carbocycles. The number of amides is 2. The maximum atomic E-state index is 11.7. The third-order valence-corrected chi connectivity index (χ3v) is 2.64. The van der Waals surface area contributed by atoms with Gasteiger partial charge in [0.25, 0.3) is 5.91 Å². The van der Waals surface area contributed by atoms with Crippen molar-refractivity contribution in [3.63, 3.8) is 0 Å². The highest BCUT2D eigenvalue weighted by molar-refractivity contribution is 6.39. The van der Waals surface area contributed by atoms with Crippen LogP contribution in [0.3, 0.4) is 0 Å². The summed E-state index contributed by atoms with van der Waals surface area (Å²) in [5, 5.41) is 7.51. The molecule has 2 amide bonds. The summed E-state index contributed by atoms with van der Waals surface area (Å²) >= 11 is 0. The van der Waals surface area contributed by atoms with Crippen LogP contribution in [0.1, 0.15) is 18.4 Å². The van der Waals surface area contributed by atoms with E-state index in [1.54, 1.807) is 13.2 Å². The molecule has 0 saturated carbocycles. The topological polar surface area (TPSA) is 92.2 Å². The fraction of sp³-hybridized carbons (Fsp3) is 0.231. The predicted octanol–water partition coefficient (Wildman–Crippen LogP) is 0.411. The van der Waals surface area contributed by atoms with Crippen molar-refractivity contribution in [2.24, 2.45) is 10.2 Å². The average molecular weight is 274 g/mol. The first-order valence-corrected chi connectivity index (χ1v) is 6.02. The Morgan fingerprint density at radius 2 is 2.35 bits per heavy atom. The summed E-state index contributed by atoms with van der Waals surface area (Å²) in [6, 6.07) is 7.25. The largest absolute Gasteiger partial charge is 0.497 e. The van der Waals surface area contributed by atoms with Gasteiger partial charge in [-0.05, 0) is 17.7 Å². The van der Waals surface area contributed by atoms with Gasteiger partial charge in [-0.15, -0.1) is 0 Å². The summed E-state index contributed by atoms with van der Waals surface area (Å²) in [4.78, 5) is 22.6. The maximum Gasteiger partial charge on any atom is 0.287 e. The summed E-state index contributed by atoms with van der Waals surface area (Å²) in [6.07, 6.45) is 2.07. The van der Waals surface area contributed by atoms with E-state index in [1.807, 2.05) is 18.2 Å². The van der Waals surface area contributed by atoms with E-state index in [2.05, 4.69) is 21.1 Å². The monoisotopic (exact) mass is 274 g/mol. The van der Waals surface area contributed by atoms with Crippen LogP contribution in [0.4, 0.5) is 0 Å². The minimum absolute atomic E-state index is 0.193. The number of ether oxygens (including phenoxy) is 1. The van der Waals surface area contributed by atoms with Crippen molar-refractivity contribution in [2.45, 2.75) is 12.8 Å². The SMILES string of the molecule is COc1cccc(C=NNC(=O)C2=NNC(=O)CC2)c1. The van der Waals surface area contributed by atoms with Gasteiger partial charge in [-0.1, -0.05) is 12.1 Å². The molecule has 104 valence electrons. The molecule has 1 aliphatic rings. The van der Waals surface area contributed by atoms with Crippen molar-refractivity contribution >= 4 is 23.7 Å². The fourth-order valence-corrected chi connectivity index (χ4v) is 1.59. The lowest BCUT2D eigenvalue weighted by atomic mass is 10.2. The Balaban J connectivity index is 1.92. The van der Waals surface area contributed by atoms with Gasteiger partial charge >= 0.3 is 0 Å². The number of hydrazone groups is 2. The average Bonchev–Trinajstić information content (AvgIpc) is 2.48. The minimum Gasteiger partial charge on any atom is -0.497 e. The summed E-state index contributed by atoms with van der Waals surface area (Å²) in [6.45, 7) is 0. The molecule has 0 unspecified atom stereocenters. The summed E-state index contributed by atoms with van der Waals surface area (Å²) < 4.78 is 5.08. The number of carbonyl (C=O) groups is 2. The second kappa shape index (κ2) is 6.46. The van der Waals surface area contributed by atoms with Gasteiger partial charge in [-0.2, -0.15) is 10.2 Å². The first kappa shape index (κ1) is 13.7. The molecule has 7 heteroatoms. The molecule has 0 saturated heterocycles. The Bertz CT molecular complexity index is 581. The van der Waals surface area contributed by atoms with Gasteiger partial charge in [0.15, 0.2) is 0 Å². The van der Waals surface area contributed by atoms with E-state index in [1.165, 1.54) is 6.21 Å². The molecule has 1 aromatic rings. The van der Waals surface area contributed by atoms with Crippen LogP contribution in [0.15, 0.2) is 34.5 Å². The van der Waals surface area contributed by atoms with Crippen molar-refractivity contribution in [3.05, 3.63) is 29.8 Å². The third-order valence-electron chi connectivity index (χ3n) is 2.64. The summed E-state index contributed by atoms with van der Waals surface area (Å²) in [5.41, 5.74) is 5.67. The lowest BCUT2D eigenvalue weighted by Gasteiger charge is -2.09. The van der Waals surface area contributed by atoms with Crippen LogP contribution in [-0.4, -0.2) is 30.9 Å². The van der Waals surface area contributed by atoms with Gasteiger partial charge in [0.2, 0.25) is 5.91 Å². The van der Waals surface area contributed by atoms with E-state index in [9.17, 15) is 9.59 Å². The molecular weight excluding hydrogens is 260 g/mol. The van der Waals surface area contributed by atoms with Crippen LogP contribution in [-0.2, 0) is 9.59 Å². The number of hydrogen-bond acceptors (Lipinski definition) is 5. The van der Waals surface area contributed by atoms with Crippen LogP contribution in [0.2, 0.25) is 0 Å². The van der Waals surface area contributed by atoms with Crippen molar-refractivity contribution in [1.82, 2.24) is 10.9 Å². The van der Waals surface area contributed by atoms with Gasteiger partial charge in [0.1, 0.15) is 11.5 Å². The molecule has 0 radical (unpaired) electrons. The molecule has 7 nitrogen and oxygen atoms in total. The Hall–Kier alpha value is -2.70. The smallest absolute Gasteiger partial charge is 0.287 e. The highest BCUT2D eigenvalue weighted by Crippen LogP contribution is 2.10. The molecule has 20 heavy (non-hydrogen) atoms. The second-order valence-corrected chi connectivity index (χ2v) is 4.07. The Morgan fingerprint density at radius 3 is 3.05 bits per heavy atom. The predicted molar refractivity (Wildman–Crippen MR) is 73.5 cm³/mol. The molecule has 2 N–H and O–H groups in total. The number of nitrogens with zero attached hydrogens (tertiary/aromatic N) is 2. The number of rotatable bonds is 4. The van der Waals surface area contributed by atoms with E-state index in [0.29, 0.717) is 12.2 Å². The first-order chi connectivity index (χ1) is 9.69. The van der Waals surface area contributed by atoms with Crippen molar-refractivity contribution in [3.8, 4) is 5.75 Å². The van der Waals surface area contributed by atoms with E-state index in [4.69, 9.17) is 4.74 Å². The van der Waals surface area contributed by atoms with Gasteiger partial charge in [0, 0.05) is 12.8 Å². The number of nitrogens with one attached hydrogen (secondary N) is 2. The zero-order valence-electron chi connectivity index (χ0n) is 10.9. The molecule has 0 bridgehead atoms. The lowest BCUT2D eigenvalue weighted by Crippen LogP contribution is -2.34. The van der Waals surface area contributed by atoms with Crippen LogP contribution in [0.25, 0.3) is 0 Å². The molecule has 1 aliphatic heterocycles. The normalized spacial score (nSPS) is 14.7. The van der Waals surface area contributed by atoms with Crippen LogP contribution in [0.5, 0.6) is 5.75 Å². The Kier molecular flexibility index (Phi) is 4.43. The number of carbonyl (C=O) groups excluding carboxylic acids is 2. The van der Waals surface area contributed by atoms with Crippen molar-refractivity contribution < 1.29 is 14.3 Å². The van der Waals surface area contributed by atoms with E-state index >= 15 is 0 Å². The van der Waals surface area contributed by atoms with Gasteiger partial charge < -0.3 is 4.74 Å². The van der Waals surface area contributed by atoms with Gasteiger partial charge in [-0.25, -0.2) is 10.9 Å². The Labute approximate surface area is 115 Å². The molecular formula is C13H14N4O3. The third kappa shape index (κ3) is 3.64. The molecule has 0 fully saturated rings. The van der Waals surface area contributed by atoms with E-state index in [0.717, 1.165) is 5.56 Å². The van der Waals surface area contributed by atoms with E-state index < -0.39 is 5.91 Å². The Morgan fingerprint density at radius 1 is 1.50 bits per heavy atom. The molecule has 2 rings (SSSR count). The van der Waals surface area contributed by atoms with Crippen LogP contribution in [0, 0.1) is 0 Å². The number of benzene rings is 1. The number of hydrogen-bond donors (Lipinski definition) is 2. The van der Waals surface area contributed by atoms with Crippen molar-refractivity contribution in [2.75, 3.05) is 7.11 Å². The van der Waals surface area contributed by atoms with Crippen molar-refractivity contribution in [1.29, 1.82) is 0 Å². The zero-order valence-corrected chi connectivity index (χ0v) is 10.9. The zero-order chi connectivity index (χ0) is 14.4. The summed E-state index contributed by atoms with van der Waals surface area (Å²) in [7, 11) is 1.58. The van der Waals surface area contributed by atoms with Crippen LogP contribution >= 0.6 is 0 Å². The van der Waals surface area contributed by atoms with E-state index in [-0.39, 0.29) is 18.0 Å². The molecule has 1 heterocycles. The van der Waals surface area contributed by atoms with Gasteiger partial charge in [-0.3, -0.25) is 9.59 Å². The second-order valence-electron chi connectivity index (χ2n) is 4.07. The van der Waals surface area contributed by atoms with Crippen LogP contribution < -0.4 is 15.6 Å². The first-order valence-electron chi connectivity index (χ1n) is 6.02. The lowest BCUT2D eigenvalue weighted by molar-refractivity contribution is -0.121. The standard InChI is InChI=1S/C13H14N4O3/c1-20-10-4-2-3-9(7-10)8-14-17-13(19)11-5-6-12(18)16-15-11/h2-4,7-8H,5-6H2,1H3,(H,16,18)(H,17,19). The molecule has 0 spiro atoms. The summed E-state index contributed by atoms with van der Waals surface area (Å²) in [5.74, 6) is 0.0882. The maximum absolute atomic E-state index is 11.7. The molecule has 1 aromatic carbocycles. The molecule has 0 aromatic heterocycles. The highest BCUT2D eigenvalue weighted by Gasteiger charge is 2.17. The molecule has 0 atom stereocenters. The number of methoxy groups -OCH3 is 1. The minimum atomic E-state index is -0.427. The quantitative estimate of drug-likeness (QED) is 0.615. The highest BCUT2D eigenvalue weighted by atomic mass is 16.5. The van der Waals surface area contributed by atoms with Gasteiger partial charge in [0.05, 0.1) is 13.3 Å².